The standard InChI is InChI=1S/C23H21FN6O2S/c1-33(25,31)14-17-3-2-4-19(11-17)29-23-28-15-27-22(30-23)20-6-5-18(24)12-21(20)32-13-16-7-9-26-10-8-16/h2-12,15,25H,13-14H2,1H3,(H,27,28,29,30). The minimum Gasteiger partial charge on any atom is -0.488 e. The first-order valence-corrected chi connectivity index (χ1v) is 12.1. The summed E-state index contributed by atoms with van der Waals surface area (Å²) in [5.41, 5.74) is 2.86. The van der Waals surface area contributed by atoms with Gasteiger partial charge in [-0.3, -0.25) is 9.76 Å². The Bertz CT molecular complexity index is 1370. The van der Waals surface area contributed by atoms with Crippen molar-refractivity contribution in [1.29, 1.82) is 4.78 Å². The molecular weight excluding hydrogens is 443 g/mol. The van der Waals surface area contributed by atoms with Crippen LogP contribution in [0.15, 0.2) is 73.3 Å². The van der Waals surface area contributed by atoms with Gasteiger partial charge in [-0.25, -0.2) is 18.6 Å². The molecule has 0 aliphatic carbocycles. The van der Waals surface area contributed by atoms with E-state index in [-0.39, 0.29) is 18.3 Å². The van der Waals surface area contributed by atoms with E-state index in [1.54, 1.807) is 30.6 Å². The largest absolute Gasteiger partial charge is 0.488 e. The smallest absolute Gasteiger partial charge is 0.230 e. The first kappa shape index (κ1) is 22.3. The second kappa shape index (κ2) is 9.70. The summed E-state index contributed by atoms with van der Waals surface area (Å²) in [4.78, 5) is 16.8. The van der Waals surface area contributed by atoms with Gasteiger partial charge in [0.05, 0.1) is 11.3 Å². The van der Waals surface area contributed by atoms with Gasteiger partial charge in [0.15, 0.2) is 5.82 Å². The number of pyridine rings is 1. The predicted octanol–water partition coefficient (Wildman–Crippen LogP) is 4.57. The van der Waals surface area contributed by atoms with E-state index in [0.717, 1.165) is 11.1 Å². The second-order valence-corrected chi connectivity index (χ2v) is 9.69. The van der Waals surface area contributed by atoms with Crippen molar-refractivity contribution in [1.82, 2.24) is 19.9 Å². The highest BCUT2D eigenvalue weighted by molar-refractivity contribution is 7.90. The molecule has 168 valence electrons. The highest BCUT2D eigenvalue weighted by Crippen LogP contribution is 2.29. The summed E-state index contributed by atoms with van der Waals surface area (Å²) in [6.45, 7) is 0.235. The molecule has 0 saturated heterocycles. The molecule has 4 rings (SSSR count). The van der Waals surface area contributed by atoms with E-state index in [4.69, 9.17) is 9.52 Å². The van der Waals surface area contributed by atoms with E-state index in [0.29, 0.717) is 22.8 Å². The lowest BCUT2D eigenvalue weighted by Crippen LogP contribution is -2.03. The second-order valence-electron chi connectivity index (χ2n) is 7.39. The van der Waals surface area contributed by atoms with Crippen molar-refractivity contribution in [3.8, 4) is 17.1 Å². The third kappa shape index (κ3) is 6.30. The summed E-state index contributed by atoms with van der Waals surface area (Å²) >= 11 is 0. The molecule has 2 aromatic carbocycles. The molecule has 0 bridgehead atoms. The fourth-order valence-corrected chi connectivity index (χ4v) is 3.93. The molecule has 8 nitrogen and oxygen atoms in total. The molecule has 2 N–H and O–H groups in total. The summed E-state index contributed by atoms with van der Waals surface area (Å²) in [5, 5.41) is 3.09. The van der Waals surface area contributed by atoms with Crippen molar-refractivity contribution < 1.29 is 13.3 Å². The third-order valence-electron chi connectivity index (χ3n) is 4.53. The summed E-state index contributed by atoms with van der Waals surface area (Å²) < 4.78 is 39.2. The molecule has 0 spiro atoms. The number of nitrogens with zero attached hydrogens (tertiary/aromatic N) is 4. The van der Waals surface area contributed by atoms with E-state index < -0.39 is 15.5 Å². The number of halogens is 1. The predicted molar refractivity (Wildman–Crippen MR) is 124 cm³/mol. The third-order valence-corrected chi connectivity index (χ3v) is 5.41. The van der Waals surface area contributed by atoms with E-state index in [2.05, 4.69) is 25.3 Å². The van der Waals surface area contributed by atoms with Crippen LogP contribution >= 0.6 is 0 Å². The van der Waals surface area contributed by atoms with Gasteiger partial charge in [-0.05, 0) is 47.5 Å². The average molecular weight is 465 g/mol. The fraction of sp³-hybridized carbons (Fsp3) is 0.130. The quantitative estimate of drug-likeness (QED) is 0.393. The van der Waals surface area contributed by atoms with Gasteiger partial charge in [-0.1, -0.05) is 12.1 Å². The molecule has 10 heteroatoms. The van der Waals surface area contributed by atoms with Crippen LogP contribution < -0.4 is 10.1 Å². The van der Waals surface area contributed by atoms with Crippen LogP contribution in [0, 0.1) is 10.6 Å². The van der Waals surface area contributed by atoms with Crippen molar-refractivity contribution in [3.05, 3.63) is 90.3 Å². The Morgan fingerprint density at radius 2 is 1.88 bits per heavy atom. The van der Waals surface area contributed by atoms with Crippen LogP contribution in [-0.2, 0) is 22.1 Å². The van der Waals surface area contributed by atoms with E-state index in [9.17, 15) is 8.60 Å². The first-order chi connectivity index (χ1) is 15.9. The maximum atomic E-state index is 13.9. The molecule has 0 aliphatic heterocycles. The number of hydrogen-bond acceptors (Lipinski definition) is 8. The van der Waals surface area contributed by atoms with Crippen LogP contribution in [0.4, 0.5) is 16.0 Å². The van der Waals surface area contributed by atoms with Crippen molar-refractivity contribution in [3.63, 3.8) is 0 Å². The van der Waals surface area contributed by atoms with Gasteiger partial charge in [-0.15, -0.1) is 0 Å². The number of nitrogens with one attached hydrogen (secondary N) is 2. The number of aromatic nitrogens is 4. The molecule has 0 fully saturated rings. The molecule has 1 unspecified atom stereocenters. The zero-order valence-corrected chi connectivity index (χ0v) is 18.6. The zero-order valence-electron chi connectivity index (χ0n) is 17.7. The van der Waals surface area contributed by atoms with E-state index in [1.165, 1.54) is 24.7 Å². The van der Waals surface area contributed by atoms with Gasteiger partial charge in [0.25, 0.3) is 0 Å². The summed E-state index contributed by atoms with van der Waals surface area (Å²) in [6.07, 6.45) is 6.08. The Hall–Kier alpha value is -3.92. The molecule has 0 aliphatic rings. The van der Waals surface area contributed by atoms with Crippen LogP contribution in [0.1, 0.15) is 11.1 Å². The molecule has 0 amide bonds. The highest BCUT2D eigenvalue weighted by Gasteiger charge is 2.13. The monoisotopic (exact) mass is 464 g/mol. The van der Waals surface area contributed by atoms with Crippen molar-refractivity contribution in [2.24, 2.45) is 0 Å². The molecule has 0 radical (unpaired) electrons. The minimum absolute atomic E-state index is 0.152. The van der Waals surface area contributed by atoms with Gasteiger partial charge in [0, 0.05) is 40.1 Å². The lowest BCUT2D eigenvalue weighted by Gasteiger charge is -2.12. The van der Waals surface area contributed by atoms with E-state index >= 15 is 0 Å². The molecule has 0 saturated carbocycles. The van der Waals surface area contributed by atoms with Gasteiger partial charge in [0.1, 0.15) is 24.5 Å². The Balaban J connectivity index is 1.57. The van der Waals surface area contributed by atoms with Gasteiger partial charge >= 0.3 is 0 Å². The average Bonchev–Trinajstić information content (AvgIpc) is 2.78. The van der Waals surface area contributed by atoms with Crippen molar-refractivity contribution in [2.75, 3.05) is 11.6 Å². The SMILES string of the molecule is CS(=N)(=O)Cc1cccc(Nc2ncnc(-c3ccc(F)cc3OCc3ccncc3)n2)c1. The Morgan fingerprint density at radius 1 is 1.06 bits per heavy atom. The summed E-state index contributed by atoms with van der Waals surface area (Å²) in [7, 11) is -2.66. The lowest BCUT2D eigenvalue weighted by molar-refractivity contribution is 0.305. The summed E-state index contributed by atoms with van der Waals surface area (Å²) in [6, 6.07) is 15.0. The van der Waals surface area contributed by atoms with Gasteiger partial charge in [0.2, 0.25) is 5.95 Å². The summed E-state index contributed by atoms with van der Waals surface area (Å²) in [5.74, 6) is 0.619. The Morgan fingerprint density at radius 3 is 2.67 bits per heavy atom. The molecule has 2 aromatic heterocycles. The van der Waals surface area contributed by atoms with Crippen molar-refractivity contribution >= 4 is 21.4 Å². The first-order valence-electron chi connectivity index (χ1n) is 9.94. The number of benzene rings is 2. The lowest BCUT2D eigenvalue weighted by atomic mass is 10.2. The zero-order chi connectivity index (χ0) is 23.3. The molecule has 1 atom stereocenters. The Labute approximate surface area is 190 Å². The van der Waals surface area contributed by atoms with E-state index in [1.807, 2.05) is 24.3 Å². The fourth-order valence-electron chi connectivity index (χ4n) is 3.11. The van der Waals surface area contributed by atoms with Gasteiger partial charge < -0.3 is 10.1 Å². The number of ether oxygens (including phenoxy) is 1. The van der Waals surface area contributed by atoms with Crippen LogP contribution in [0.25, 0.3) is 11.4 Å². The van der Waals surface area contributed by atoms with Crippen molar-refractivity contribution in [2.45, 2.75) is 12.4 Å². The van der Waals surface area contributed by atoms with Crippen LogP contribution in [-0.4, -0.2) is 30.4 Å². The number of anilines is 2. The minimum atomic E-state index is -2.66. The number of hydrogen-bond donors (Lipinski definition) is 2. The molecular formula is C23H21FN6O2S. The molecule has 4 aromatic rings. The van der Waals surface area contributed by atoms with Crippen LogP contribution in [0.2, 0.25) is 0 Å². The van der Waals surface area contributed by atoms with Crippen LogP contribution in [0.5, 0.6) is 5.75 Å². The maximum Gasteiger partial charge on any atom is 0.230 e. The normalized spacial score (nSPS) is 12.7. The molecule has 33 heavy (non-hydrogen) atoms. The Kier molecular flexibility index (Phi) is 6.55. The highest BCUT2D eigenvalue weighted by atomic mass is 32.2. The number of rotatable bonds is 8. The van der Waals surface area contributed by atoms with Crippen LogP contribution in [0.3, 0.4) is 0 Å². The van der Waals surface area contributed by atoms with Gasteiger partial charge in [-0.2, -0.15) is 4.98 Å². The molecule has 2 heterocycles. The topological polar surface area (TPSA) is 114 Å². The maximum absolute atomic E-state index is 13.9.